The maximum Gasteiger partial charge on any atom is 0.261 e. The second-order valence-corrected chi connectivity index (χ2v) is 5.76. The molecule has 0 radical (unpaired) electrons. The molecule has 2 aliphatic rings. The summed E-state index contributed by atoms with van der Waals surface area (Å²) in [5.74, 6) is 0.256. The van der Waals surface area contributed by atoms with E-state index in [-0.39, 0.29) is 17.7 Å². The first kappa shape index (κ1) is 10.8. The maximum atomic E-state index is 11.7. The van der Waals surface area contributed by atoms with Crippen LogP contribution >= 0.6 is 11.3 Å². The fraction of sp³-hybridized carbons (Fsp3) is 0.500. The Morgan fingerprint density at radius 3 is 2.59 bits per heavy atom. The predicted octanol–water partition coefficient (Wildman–Crippen LogP) is 1.99. The fourth-order valence-electron chi connectivity index (χ4n) is 1.58. The summed E-state index contributed by atoms with van der Waals surface area (Å²) in [7, 11) is 0. The van der Waals surface area contributed by atoms with E-state index in [0.29, 0.717) is 10.9 Å². The van der Waals surface area contributed by atoms with Gasteiger partial charge >= 0.3 is 0 Å². The lowest BCUT2D eigenvalue weighted by atomic mass is 10.4. The summed E-state index contributed by atoms with van der Waals surface area (Å²) in [5.41, 5.74) is 0. The van der Waals surface area contributed by atoms with E-state index >= 15 is 0 Å². The van der Waals surface area contributed by atoms with E-state index in [9.17, 15) is 9.59 Å². The molecule has 0 saturated heterocycles. The number of amides is 2. The molecule has 0 unspecified atom stereocenters. The summed E-state index contributed by atoms with van der Waals surface area (Å²) in [4.78, 5) is 23.9. The van der Waals surface area contributed by atoms with Crippen molar-refractivity contribution in [1.82, 2.24) is 5.32 Å². The second kappa shape index (κ2) is 4.14. The molecule has 2 fully saturated rings. The summed E-state index contributed by atoms with van der Waals surface area (Å²) in [6.07, 6.45) is 4.16. The van der Waals surface area contributed by atoms with Gasteiger partial charge in [0, 0.05) is 12.0 Å². The van der Waals surface area contributed by atoms with Gasteiger partial charge in [0.05, 0.1) is 9.88 Å². The molecular formula is C12H14N2O2S. The number of hydrogen-bond acceptors (Lipinski definition) is 3. The van der Waals surface area contributed by atoms with Crippen molar-refractivity contribution < 1.29 is 9.59 Å². The monoisotopic (exact) mass is 250 g/mol. The number of carbonyl (C=O) groups is 2. The van der Waals surface area contributed by atoms with Crippen LogP contribution in [0, 0.1) is 5.92 Å². The molecule has 0 spiro atoms. The van der Waals surface area contributed by atoms with Crippen LogP contribution in [0.5, 0.6) is 0 Å². The van der Waals surface area contributed by atoms with Crippen LogP contribution in [-0.4, -0.2) is 17.9 Å². The van der Waals surface area contributed by atoms with Crippen LogP contribution in [0.15, 0.2) is 12.1 Å². The van der Waals surface area contributed by atoms with Gasteiger partial charge in [0.15, 0.2) is 0 Å². The van der Waals surface area contributed by atoms with Gasteiger partial charge in [-0.25, -0.2) is 0 Å². The zero-order valence-electron chi connectivity index (χ0n) is 9.36. The van der Waals surface area contributed by atoms with Gasteiger partial charge in [-0.15, -0.1) is 11.3 Å². The Kier molecular flexibility index (Phi) is 2.63. The standard InChI is InChI=1S/C12H14N2O2S/c15-11(7-1-2-7)14-10-6-5-9(17-10)12(16)13-8-3-4-8/h5-8H,1-4H2,(H,13,16)(H,14,15). The van der Waals surface area contributed by atoms with Gasteiger partial charge in [-0.05, 0) is 37.8 Å². The van der Waals surface area contributed by atoms with Crippen molar-refractivity contribution in [2.24, 2.45) is 5.92 Å². The van der Waals surface area contributed by atoms with Gasteiger partial charge < -0.3 is 10.6 Å². The molecule has 0 bridgehead atoms. The maximum absolute atomic E-state index is 11.7. The van der Waals surface area contributed by atoms with Crippen molar-refractivity contribution in [1.29, 1.82) is 0 Å². The number of rotatable bonds is 4. The Morgan fingerprint density at radius 1 is 1.18 bits per heavy atom. The topological polar surface area (TPSA) is 58.2 Å². The van der Waals surface area contributed by atoms with Crippen molar-refractivity contribution >= 4 is 28.2 Å². The summed E-state index contributed by atoms with van der Waals surface area (Å²) >= 11 is 1.34. The third-order valence-electron chi connectivity index (χ3n) is 2.94. The highest BCUT2D eigenvalue weighted by Gasteiger charge is 2.30. The molecule has 1 aromatic heterocycles. The van der Waals surface area contributed by atoms with E-state index in [4.69, 9.17) is 0 Å². The van der Waals surface area contributed by atoms with Gasteiger partial charge in [-0.2, -0.15) is 0 Å². The van der Waals surface area contributed by atoms with Crippen LogP contribution in [0.1, 0.15) is 35.4 Å². The first-order valence-electron chi connectivity index (χ1n) is 5.94. The lowest BCUT2D eigenvalue weighted by molar-refractivity contribution is -0.117. The minimum atomic E-state index is -0.0237. The number of hydrogen-bond donors (Lipinski definition) is 2. The molecule has 1 aromatic rings. The SMILES string of the molecule is O=C(NC1CC1)c1ccc(NC(=O)C2CC2)s1. The molecule has 2 aliphatic carbocycles. The van der Waals surface area contributed by atoms with E-state index in [2.05, 4.69) is 10.6 Å². The molecule has 90 valence electrons. The average molecular weight is 250 g/mol. The summed E-state index contributed by atoms with van der Waals surface area (Å²) in [6, 6.07) is 3.94. The highest BCUT2D eigenvalue weighted by molar-refractivity contribution is 7.18. The van der Waals surface area contributed by atoms with Crippen molar-refractivity contribution in [2.75, 3.05) is 5.32 Å². The Balaban J connectivity index is 1.60. The normalized spacial score (nSPS) is 18.8. The third-order valence-corrected chi connectivity index (χ3v) is 3.94. The molecule has 0 aliphatic heterocycles. The smallest absolute Gasteiger partial charge is 0.261 e. The molecular weight excluding hydrogens is 236 g/mol. The Hall–Kier alpha value is -1.36. The summed E-state index contributed by atoms with van der Waals surface area (Å²) in [6.45, 7) is 0. The number of carbonyl (C=O) groups excluding carboxylic acids is 2. The van der Waals surface area contributed by atoms with Gasteiger partial charge in [-0.1, -0.05) is 0 Å². The van der Waals surface area contributed by atoms with Crippen LogP contribution in [0.2, 0.25) is 0 Å². The van der Waals surface area contributed by atoms with E-state index in [1.54, 1.807) is 12.1 Å². The zero-order valence-corrected chi connectivity index (χ0v) is 10.2. The van der Waals surface area contributed by atoms with Gasteiger partial charge in [-0.3, -0.25) is 9.59 Å². The molecule has 0 aromatic carbocycles. The summed E-state index contributed by atoms with van der Waals surface area (Å²) in [5, 5.41) is 6.54. The van der Waals surface area contributed by atoms with E-state index in [1.165, 1.54) is 11.3 Å². The average Bonchev–Trinajstić information content (AvgIpc) is 3.19. The van der Waals surface area contributed by atoms with Crippen molar-refractivity contribution in [3.63, 3.8) is 0 Å². The number of anilines is 1. The molecule has 0 atom stereocenters. The highest BCUT2D eigenvalue weighted by Crippen LogP contribution is 2.31. The molecule has 4 nitrogen and oxygen atoms in total. The Labute approximate surface area is 103 Å². The molecule has 2 N–H and O–H groups in total. The predicted molar refractivity (Wildman–Crippen MR) is 66.2 cm³/mol. The molecule has 1 heterocycles. The summed E-state index contributed by atoms with van der Waals surface area (Å²) < 4.78 is 0. The molecule has 3 rings (SSSR count). The quantitative estimate of drug-likeness (QED) is 0.858. The zero-order chi connectivity index (χ0) is 11.8. The molecule has 2 amide bonds. The van der Waals surface area contributed by atoms with Crippen molar-refractivity contribution in [3.05, 3.63) is 17.0 Å². The van der Waals surface area contributed by atoms with E-state index < -0.39 is 0 Å². The molecule has 2 saturated carbocycles. The van der Waals surface area contributed by atoms with Gasteiger partial charge in [0.1, 0.15) is 0 Å². The van der Waals surface area contributed by atoms with E-state index in [1.807, 2.05) is 0 Å². The fourth-order valence-corrected chi connectivity index (χ4v) is 2.39. The highest BCUT2D eigenvalue weighted by atomic mass is 32.1. The van der Waals surface area contributed by atoms with Gasteiger partial charge in [0.25, 0.3) is 5.91 Å². The molecule has 5 heteroatoms. The Bertz CT molecular complexity index is 461. The van der Waals surface area contributed by atoms with Crippen LogP contribution in [-0.2, 0) is 4.79 Å². The first-order valence-corrected chi connectivity index (χ1v) is 6.75. The minimum Gasteiger partial charge on any atom is -0.349 e. The minimum absolute atomic E-state index is 0.0237. The van der Waals surface area contributed by atoms with Crippen LogP contribution in [0.4, 0.5) is 5.00 Å². The Morgan fingerprint density at radius 2 is 1.94 bits per heavy atom. The second-order valence-electron chi connectivity index (χ2n) is 4.68. The van der Waals surface area contributed by atoms with Crippen LogP contribution < -0.4 is 10.6 Å². The number of nitrogens with one attached hydrogen (secondary N) is 2. The first-order chi connectivity index (χ1) is 8.22. The number of thiophene rings is 1. The lowest BCUT2D eigenvalue weighted by Gasteiger charge is -2.00. The lowest BCUT2D eigenvalue weighted by Crippen LogP contribution is -2.24. The van der Waals surface area contributed by atoms with Gasteiger partial charge in [0.2, 0.25) is 5.91 Å². The van der Waals surface area contributed by atoms with Crippen LogP contribution in [0.3, 0.4) is 0 Å². The molecule has 17 heavy (non-hydrogen) atoms. The largest absolute Gasteiger partial charge is 0.349 e. The third kappa shape index (κ3) is 2.66. The van der Waals surface area contributed by atoms with E-state index in [0.717, 1.165) is 30.7 Å². The van der Waals surface area contributed by atoms with Crippen LogP contribution in [0.25, 0.3) is 0 Å². The van der Waals surface area contributed by atoms with Crippen molar-refractivity contribution in [2.45, 2.75) is 31.7 Å². The van der Waals surface area contributed by atoms with Crippen molar-refractivity contribution in [3.8, 4) is 0 Å².